The Hall–Kier alpha value is -1.33. The summed E-state index contributed by atoms with van der Waals surface area (Å²) in [4.78, 5) is 11.7. The largest absolute Gasteiger partial charge is 0.376 e. The van der Waals surface area contributed by atoms with Crippen LogP contribution < -0.4 is 10.9 Å². The smallest absolute Gasteiger partial charge is 0.287 e. The summed E-state index contributed by atoms with van der Waals surface area (Å²) in [5.74, 6) is 0. The topological polar surface area (TPSA) is 46.9 Å². The van der Waals surface area contributed by atoms with Crippen LogP contribution in [-0.4, -0.2) is 9.78 Å². The maximum absolute atomic E-state index is 11.7. The van der Waals surface area contributed by atoms with Crippen LogP contribution in [0.5, 0.6) is 0 Å². The van der Waals surface area contributed by atoms with Crippen molar-refractivity contribution in [3.8, 4) is 0 Å². The average Bonchev–Trinajstić information content (AvgIpc) is 2.39. The van der Waals surface area contributed by atoms with E-state index in [1.807, 2.05) is 31.2 Å². The molecule has 0 amide bonds. The third-order valence-electron chi connectivity index (χ3n) is 2.80. The minimum absolute atomic E-state index is 0.0175. The number of rotatable bonds is 3. The molecule has 1 aromatic carbocycles. The van der Waals surface area contributed by atoms with E-state index in [0.29, 0.717) is 5.69 Å². The Morgan fingerprint density at radius 3 is 2.89 bits per heavy atom. The summed E-state index contributed by atoms with van der Waals surface area (Å²) in [7, 11) is 1.57. The van der Waals surface area contributed by atoms with Gasteiger partial charge in [-0.2, -0.15) is 5.10 Å². The zero-order valence-corrected chi connectivity index (χ0v) is 12.9. The van der Waals surface area contributed by atoms with Crippen molar-refractivity contribution in [3.63, 3.8) is 0 Å². The fourth-order valence-electron chi connectivity index (χ4n) is 1.70. The second-order valence-corrected chi connectivity index (χ2v) is 5.52. The van der Waals surface area contributed by atoms with Crippen molar-refractivity contribution in [2.24, 2.45) is 7.05 Å². The first-order valence-corrected chi connectivity index (χ1v) is 6.90. The van der Waals surface area contributed by atoms with Gasteiger partial charge in [0.25, 0.3) is 5.56 Å². The van der Waals surface area contributed by atoms with Crippen LogP contribution in [0.2, 0.25) is 5.02 Å². The van der Waals surface area contributed by atoms with Crippen molar-refractivity contribution >= 4 is 33.2 Å². The van der Waals surface area contributed by atoms with Gasteiger partial charge in [0.05, 0.1) is 11.9 Å². The molecule has 1 N–H and O–H groups in total. The lowest BCUT2D eigenvalue weighted by Gasteiger charge is -2.16. The number of hydrogen-bond acceptors (Lipinski definition) is 3. The summed E-state index contributed by atoms with van der Waals surface area (Å²) in [6, 6.07) is 7.96. The molecule has 0 saturated heterocycles. The fourth-order valence-corrected chi connectivity index (χ4v) is 2.35. The third-order valence-corrected chi connectivity index (χ3v) is 3.66. The van der Waals surface area contributed by atoms with E-state index >= 15 is 0 Å². The molecule has 1 unspecified atom stereocenters. The molecule has 0 aliphatic heterocycles. The lowest BCUT2D eigenvalue weighted by atomic mass is 10.1. The minimum atomic E-state index is -0.312. The second-order valence-electron chi connectivity index (χ2n) is 4.22. The molecule has 1 aromatic heterocycles. The first-order valence-electron chi connectivity index (χ1n) is 5.73. The summed E-state index contributed by atoms with van der Waals surface area (Å²) >= 11 is 9.45. The van der Waals surface area contributed by atoms with E-state index in [0.717, 1.165) is 10.0 Å². The number of nitrogens with one attached hydrogen (secondary N) is 1. The van der Waals surface area contributed by atoms with E-state index in [1.54, 1.807) is 13.2 Å². The van der Waals surface area contributed by atoms with Gasteiger partial charge in [0, 0.05) is 17.6 Å². The fraction of sp³-hybridized carbons (Fsp3) is 0.231. The van der Waals surface area contributed by atoms with Gasteiger partial charge in [-0.3, -0.25) is 4.79 Å². The highest BCUT2D eigenvalue weighted by Crippen LogP contribution is 2.24. The Morgan fingerprint density at radius 1 is 1.47 bits per heavy atom. The molecular formula is C13H13BrClN3O. The van der Waals surface area contributed by atoms with E-state index < -0.39 is 0 Å². The molecule has 6 heteroatoms. The molecule has 0 saturated carbocycles. The zero-order valence-electron chi connectivity index (χ0n) is 10.5. The number of nitrogens with zero attached hydrogens (tertiary/aromatic N) is 2. The molecule has 1 heterocycles. The zero-order chi connectivity index (χ0) is 14.0. The standard InChI is InChI=1S/C13H13BrClN3O/c1-8(9-4-3-5-10(14)6-9)17-11-7-16-18(2)13(19)12(11)15/h3-8,17H,1-2H3. The summed E-state index contributed by atoms with van der Waals surface area (Å²) in [6.45, 7) is 2.00. The molecule has 100 valence electrons. The summed E-state index contributed by atoms with van der Waals surface area (Å²) in [5, 5.41) is 7.30. The maximum atomic E-state index is 11.7. The van der Waals surface area contributed by atoms with Crippen LogP contribution in [0.4, 0.5) is 5.69 Å². The van der Waals surface area contributed by atoms with Gasteiger partial charge in [0.15, 0.2) is 0 Å². The van der Waals surface area contributed by atoms with Gasteiger partial charge in [0.1, 0.15) is 5.02 Å². The first kappa shape index (κ1) is 14.1. The predicted molar refractivity (Wildman–Crippen MR) is 80.7 cm³/mol. The van der Waals surface area contributed by atoms with Crippen LogP contribution in [0.3, 0.4) is 0 Å². The number of aromatic nitrogens is 2. The normalized spacial score (nSPS) is 12.2. The minimum Gasteiger partial charge on any atom is -0.376 e. The van der Waals surface area contributed by atoms with E-state index in [1.165, 1.54) is 4.68 Å². The molecule has 2 aromatic rings. The molecule has 0 aliphatic rings. The molecule has 0 fully saturated rings. The molecule has 0 radical (unpaired) electrons. The molecule has 1 atom stereocenters. The van der Waals surface area contributed by atoms with Gasteiger partial charge in [-0.1, -0.05) is 39.7 Å². The SMILES string of the molecule is CC(Nc1cnn(C)c(=O)c1Cl)c1cccc(Br)c1. The lowest BCUT2D eigenvalue weighted by Crippen LogP contribution is -2.21. The van der Waals surface area contributed by atoms with E-state index in [9.17, 15) is 4.79 Å². The van der Waals surface area contributed by atoms with Crippen LogP contribution in [0.1, 0.15) is 18.5 Å². The van der Waals surface area contributed by atoms with Crippen molar-refractivity contribution in [3.05, 3.63) is 55.9 Å². The second kappa shape index (κ2) is 5.75. The van der Waals surface area contributed by atoms with Gasteiger partial charge in [0.2, 0.25) is 0 Å². The number of anilines is 1. The van der Waals surface area contributed by atoms with Crippen LogP contribution in [0, 0.1) is 0 Å². The number of halogens is 2. The molecule has 0 bridgehead atoms. The van der Waals surface area contributed by atoms with Crippen LogP contribution >= 0.6 is 27.5 Å². The summed E-state index contributed by atoms with van der Waals surface area (Å²) in [5.41, 5.74) is 1.32. The molecule has 19 heavy (non-hydrogen) atoms. The van der Waals surface area contributed by atoms with E-state index in [4.69, 9.17) is 11.6 Å². The Morgan fingerprint density at radius 2 is 2.21 bits per heavy atom. The van der Waals surface area contributed by atoms with Crippen LogP contribution in [0.25, 0.3) is 0 Å². The highest BCUT2D eigenvalue weighted by molar-refractivity contribution is 9.10. The van der Waals surface area contributed by atoms with Crippen molar-refractivity contribution in [2.75, 3.05) is 5.32 Å². The van der Waals surface area contributed by atoms with E-state index in [2.05, 4.69) is 26.3 Å². The predicted octanol–water partition coefficient (Wildman–Crippen LogP) is 3.37. The van der Waals surface area contributed by atoms with Gasteiger partial charge >= 0.3 is 0 Å². The molecular weight excluding hydrogens is 330 g/mol. The Bertz CT molecular complexity index is 657. The van der Waals surface area contributed by atoms with Crippen molar-refractivity contribution in [1.29, 1.82) is 0 Å². The molecule has 4 nitrogen and oxygen atoms in total. The Labute approximate surface area is 124 Å². The molecule has 0 aliphatic carbocycles. The highest BCUT2D eigenvalue weighted by atomic mass is 79.9. The van der Waals surface area contributed by atoms with Gasteiger partial charge in [-0.15, -0.1) is 0 Å². The van der Waals surface area contributed by atoms with Crippen molar-refractivity contribution < 1.29 is 0 Å². The molecule has 2 rings (SSSR count). The quantitative estimate of drug-likeness (QED) is 0.930. The van der Waals surface area contributed by atoms with Crippen molar-refractivity contribution in [1.82, 2.24) is 9.78 Å². The Kier molecular flexibility index (Phi) is 4.27. The average molecular weight is 343 g/mol. The highest BCUT2D eigenvalue weighted by Gasteiger charge is 2.11. The van der Waals surface area contributed by atoms with Gasteiger partial charge < -0.3 is 5.32 Å². The maximum Gasteiger partial charge on any atom is 0.287 e. The lowest BCUT2D eigenvalue weighted by molar-refractivity contribution is 0.706. The number of benzene rings is 1. The first-order chi connectivity index (χ1) is 8.99. The Balaban J connectivity index is 2.27. The summed E-state index contributed by atoms with van der Waals surface area (Å²) in [6.07, 6.45) is 1.55. The third kappa shape index (κ3) is 3.16. The van der Waals surface area contributed by atoms with Crippen LogP contribution in [-0.2, 0) is 7.05 Å². The van der Waals surface area contributed by atoms with E-state index in [-0.39, 0.29) is 16.6 Å². The summed E-state index contributed by atoms with van der Waals surface area (Å²) < 4.78 is 2.21. The van der Waals surface area contributed by atoms with Gasteiger partial charge in [-0.25, -0.2) is 4.68 Å². The number of aryl methyl sites for hydroxylation is 1. The van der Waals surface area contributed by atoms with Crippen LogP contribution in [0.15, 0.2) is 39.7 Å². The number of hydrogen-bond donors (Lipinski definition) is 1. The molecule has 0 spiro atoms. The van der Waals surface area contributed by atoms with Crippen molar-refractivity contribution in [2.45, 2.75) is 13.0 Å². The monoisotopic (exact) mass is 341 g/mol. The van der Waals surface area contributed by atoms with Gasteiger partial charge in [-0.05, 0) is 24.6 Å².